The number of carbonyl (C=O) groups is 2. The lowest BCUT2D eigenvalue weighted by molar-refractivity contribution is -0.140. The van der Waals surface area contributed by atoms with Gasteiger partial charge in [0.15, 0.2) is 0 Å². The van der Waals surface area contributed by atoms with Gasteiger partial charge < -0.3 is 10.0 Å². The Morgan fingerprint density at radius 2 is 1.43 bits per heavy atom. The van der Waals surface area contributed by atoms with Gasteiger partial charge in [-0.15, -0.1) is 0 Å². The average Bonchev–Trinajstić information content (AvgIpc) is 3.05. The quantitative estimate of drug-likeness (QED) is 0.380. The molecular weight excluding hydrogens is 374 g/mol. The fourth-order valence-corrected chi connectivity index (χ4v) is 3.86. The molecule has 150 valence electrons. The molecule has 0 aromatic heterocycles. The molecule has 1 unspecified atom stereocenters. The van der Waals surface area contributed by atoms with Crippen molar-refractivity contribution >= 4 is 17.4 Å². The highest BCUT2D eigenvalue weighted by atomic mass is 16.3. The van der Waals surface area contributed by atoms with Crippen LogP contribution < -0.4 is 0 Å². The van der Waals surface area contributed by atoms with Crippen LogP contribution in [0.3, 0.4) is 0 Å². The molecule has 0 radical (unpaired) electrons. The predicted molar refractivity (Wildman–Crippen MR) is 117 cm³/mol. The van der Waals surface area contributed by atoms with Gasteiger partial charge in [-0.25, -0.2) is 0 Å². The van der Waals surface area contributed by atoms with E-state index in [-0.39, 0.29) is 17.9 Å². The van der Waals surface area contributed by atoms with Crippen LogP contribution in [-0.2, 0) is 22.6 Å². The molecule has 1 saturated heterocycles. The molecule has 1 fully saturated rings. The van der Waals surface area contributed by atoms with Crippen molar-refractivity contribution in [1.29, 1.82) is 0 Å². The van der Waals surface area contributed by atoms with Crippen molar-refractivity contribution in [3.8, 4) is 0 Å². The van der Waals surface area contributed by atoms with Gasteiger partial charge in [-0.2, -0.15) is 0 Å². The van der Waals surface area contributed by atoms with E-state index in [1.165, 1.54) is 5.56 Å². The highest BCUT2D eigenvalue weighted by Crippen LogP contribution is 2.40. The largest absolute Gasteiger partial charge is 0.507 e. The number of likely N-dealkylation sites (tertiary alicyclic amines) is 1. The van der Waals surface area contributed by atoms with Crippen LogP contribution in [0, 0.1) is 0 Å². The molecule has 4 rings (SSSR count). The second-order valence-electron chi connectivity index (χ2n) is 7.37. The minimum absolute atomic E-state index is 0.131. The fraction of sp³-hybridized carbons (Fsp3) is 0.154. The lowest BCUT2D eigenvalue weighted by Gasteiger charge is -2.25. The Balaban J connectivity index is 1.85. The zero-order chi connectivity index (χ0) is 21.1. The topological polar surface area (TPSA) is 57.6 Å². The summed E-state index contributed by atoms with van der Waals surface area (Å²) in [5.41, 5.74) is 3.55. The van der Waals surface area contributed by atoms with Crippen LogP contribution >= 0.6 is 0 Å². The van der Waals surface area contributed by atoms with Gasteiger partial charge in [0.05, 0.1) is 11.6 Å². The molecule has 4 heteroatoms. The highest BCUT2D eigenvalue weighted by molar-refractivity contribution is 6.46. The van der Waals surface area contributed by atoms with E-state index in [1.54, 1.807) is 29.2 Å². The smallest absolute Gasteiger partial charge is 0.295 e. The summed E-state index contributed by atoms with van der Waals surface area (Å²) in [6, 6.07) is 25.7. The predicted octanol–water partition coefficient (Wildman–Crippen LogP) is 4.87. The second kappa shape index (κ2) is 8.37. The first-order valence-corrected chi connectivity index (χ1v) is 10.1. The number of Topliss-reactive ketones (excluding diaryl/α,β-unsaturated/α-hetero) is 1. The van der Waals surface area contributed by atoms with E-state index in [2.05, 4.69) is 6.92 Å². The van der Waals surface area contributed by atoms with Crippen LogP contribution in [0.5, 0.6) is 0 Å². The number of carbonyl (C=O) groups excluding carboxylic acids is 2. The minimum atomic E-state index is -0.656. The summed E-state index contributed by atoms with van der Waals surface area (Å²) >= 11 is 0. The Hall–Kier alpha value is -3.66. The van der Waals surface area contributed by atoms with E-state index in [0.29, 0.717) is 5.56 Å². The Labute approximate surface area is 176 Å². The summed E-state index contributed by atoms with van der Waals surface area (Å²) in [5, 5.41) is 11.0. The second-order valence-corrected chi connectivity index (χ2v) is 7.37. The van der Waals surface area contributed by atoms with Crippen molar-refractivity contribution in [3.63, 3.8) is 0 Å². The molecular formula is C26H23NO3. The number of aliphatic hydroxyl groups excluding tert-OH is 1. The minimum Gasteiger partial charge on any atom is -0.507 e. The molecule has 1 atom stereocenters. The SMILES string of the molecule is CCc1ccc(C2C(=C(O)c3ccccc3)C(=O)C(=O)N2Cc2ccccc2)cc1. The monoisotopic (exact) mass is 397 g/mol. The van der Waals surface area contributed by atoms with Gasteiger partial charge in [-0.1, -0.05) is 91.9 Å². The van der Waals surface area contributed by atoms with Gasteiger partial charge in [0.1, 0.15) is 5.76 Å². The first-order valence-electron chi connectivity index (χ1n) is 10.1. The van der Waals surface area contributed by atoms with Crippen molar-refractivity contribution in [3.05, 3.63) is 113 Å². The van der Waals surface area contributed by atoms with E-state index in [4.69, 9.17) is 0 Å². The van der Waals surface area contributed by atoms with Crippen LogP contribution in [0.2, 0.25) is 0 Å². The van der Waals surface area contributed by atoms with E-state index in [9.17, 15) is 14.7 Å². The summed E-state index contributed by atoms with van der Waals surface area (Å²) in [5.74, 6) is -1.40. The molecule has 1 heterocycles. The normalized spacial score (nSPS) is 18.0. The summed E-state index contributed by atoms with van der Waals surface area (Å²) in [7, 11) is 0. The van der Waals surface area contributed by atoms with Crippen molar-refractivity contribution in [1.82, 2.24) is 4.90 Å². The molecule has 0 bridgehead atoms. The fourth-order valence-electron chi connectivity index (χ4n) is 3.86. The highest BCUT2D eigenvalue weighted by Gasteiger charge is 2.46. The van der Waals surface area contributed by atoms with E-state index in [0.717, 1.165) is 17.5 Å². The lowest BCUT2D eigenvalue weighted by atomic mass is 9.94. The summed E-state index contributed by atoms with van der Waals surface area (Å²) in [4.78, 5) is 27.6. The first kappa shape index (κ1) is 19.6. The Kier molecular flexibility index (Phi) is 5.48. The van der Waals surface area contributed by atoms with Crippen molar-refractivity contribution in [2.45, 2.75) is 25.9 Å². The number of ketones is 1. The molecule has 1 amide bonds. The van der Waals surface area contributed by atoms with Crippen molar-refractivity contribution in [2.75, 3.05) is 0 Å². The third-order valence-electron chi connectivity index (χ3n) is 5.49. The van der Waals surface area contributed by atoms with Crippen LogP contribution in [0.1, 0.15) is 35.2 Å². The number of benzene rings is 3. The number of aryl methyl sites for hydroxylation is 1. The molecule has 1 aliphatic heterocycles. The van der Waals surface area contributed by atoms with E-state index in [1.807, 2.05) is 60.7 Å². The summed E-state index contributed by atoms with van der Waals surface area (Å²) in [6.07, 6.45) is 0.897. The molecule has 0 saturated carbocycles. The standard InChI is InChI=1S/C26H23NO3/c1-2-18-13-15-20(16-14-18)23-22(24(28)21-11-7-4-8-12-21)25(29)26(30)27(23)17-19-9-5-3-6-10-19/h3-16,23,28H,2,17H2,1H3. The van der Waals surface area contributed by atoms with E-state index < -0.39 is 17.7 Å². The van der Waals surface area contributed by atoms with Crippen molar-refractivity contribution < 1.29 is 14.7 Å². The molecule has 3 aromatic carbocycles. The van der Waals surface area contributed by atoms with Gasteiger partial charge in [0.2, 0.25) is 0 Å². The maximum atomic E-state index is 13.0. The summed E-state index contributed by atoms with van der Waals surface area (Å²) < 4.78 is 0. The third-order valence-corrected chi connectivity index (χ3v) is 5.49. The molecule has 30 heavy (non-hydrogen) atoms. The van der Waals surface area contributed by atoms with Crippen LogP contribution in [0.25, 0.3) is 5.76 Å². The summed E-state index contributed by atoms with van der Waals surface area (Å²) in [6.45, 7) is 2.36. The van der Waals surface area contributed by atoms with Gasteiger partial charge in [-0.3, -0.25) is 9.59 Å². The molecule has 1 N–H and O–H groups in total. The number of aliphatic hydroxyl groups is 1. The van der Waals surface area contributed by atoms with Crippen molar-refractivity contribution in [2.24, 2.45) is 0 Å². The molecule has 1 aliphatic rings. The number of hydrogen-bond acceptors (Lipinski definition) is 3. The number of amides is 1. The van der Waals surface area contributed by atoms with Crippen LogP contribution in [-0.4, -0.2) is 21.7 Å². The van der Waals surface area contributed by atoms with Crippen LogP contribution in [0.4, 0.5) is 0 Å². The number of nitrogens with zero attached hydrogens (tertiary/aromatic N) is 1. The zero-order valence-electron chi connectivity index (χ0n) is 16.8. The van der Waals surface area contributed by atoms with Gasteiger partial charge >= 0.3 is 0 Å². The Bertz CT molecular complexity index is 1090. The van der Waals surface area contributed by atoms with Gasteiger partial charge in [-0.05, 0) is 23.1 Å². The van der Waals surface area contributed by atoms with E-state index >= 15 is 0 Å². The first-order chi connectivity index (χ1) is 14.6. The Morgan fingerprint density at radius 1 is 0.833 bits per heavy atom. The molecule has 4 nitrogen and oxygen atoms in total. The molecule has 3 aromatic rings. The van der Waals surface area contributed by atoms with Crippen LogP contribution in [0.15, 0.2) is 90.5 Å². The number of hydrogen-bond donors (Lipinski definition) is 1. The molecule has 0 spiro atoms. The molecule has 0 aliphatic carbocycles. The van der Waals surface area contributed by atoms with Gasteiger partial charge in [0.25, 0.3) is 11.7 Å². The Morgan fingerprint density at radius 3 is 2.03 bits per heavy atom. The third kappa shape index (κ3) is 3.64. The zero-order valence-corrected chi connectivity index (χ0v) is 16.8. The average molecular weight is 397 g/mol. The van der Waals surface area contributed by atoms with Gasteiger partial charge in [0, 0.05) is 12.1 Å². The lowest BCUT2D eigenvalue weighted by Crippen LogP contribution is -2.29. The maximum Gasteiger partial charge on any atom is 0.295 e. The maximum absolute atomic E-state index is 13.0. The number of rotatable bonds is 5.